The predicted molar refractivity (Wildman–Crippen MR) is 235 cm³/mol. The molecule has 1 aliphatic carbocycles. The fourth-order valence-corrected chi connectivity index (χ4v) is 9.98. The lowest BCUT2D eigenvalue weighted by molar-refractivity contribution is 0.661. The van der Waals surface area contributed by atoms with E-state index in [1.54, 1.807) is 0 Å². The van der Waals surface area contributed by atoms with Crippen LogP contribution in [0.1, 0.15) is 43.0 Å². The van der Waals surface area contributed by atoms with Crippen LogP contribution >= 0.6 is 11.3 Å². The molecule has 0 saturated carbocycles. The van der Waals surface area contributed by atoms with Gasteiger partial charge in [0.1, 0.15) is 0 Å². The molecule has 0 unspecified atom stereocenters. The maximum Gasteiger partial charge on any atom is 0.0544 e. The third kappa shape index (κ3) is 5.05. The highest BCUT2D eigenvalue weighted by molar-refractivity contribution is 7.25. The number of aromatic nitrogens is 1. The van der Waals surface area contributed by atoms with E-state index in [9.17, 15) is 0 Å². The van der Waals surface area contributed by atoms with E-state index in [0.29, 0.717) is 0 Å². The van der Waals surface area contributed by atoms with Crippen LogP contribution in [-0.4, -0.2) is 4.57 Å². The van der Waals surface area contributed by atoms with Crippen LogP contribution in [0.4, 0.5) is 0 Å². The van der Waals surface area contributed by atoms with E-state index in [4.69, 9.17) is 6.58 Å². The average Bonchev–Trinajstić information content (AvgIpc) is 3.83. The summed E-state index contributed by atoms with van der Waals surface area (Å²) in [6, 6.07) is 57.6. The van der Waals surface area contributed by atoms with Crippen LogP contribution in [0.15, 0.2) is 176 Å². The Labute approximate surface area is 320 Å². The molecule has 0 radical (unpaired) electrons. The van der Waals surface area contributed by atoms with Crippen molar-refractivity contribution in [1.82, 2.24) is 4.57 Å². The summed E-state index contributed by atoms with van der Waals surface area (Å²) in [7, 11) is 0. The molecule has 54 heavy (non-hydrogen) atoms. The minimum absolute atomic E-state index is 0.103. The predicted octanol–water partition coefficient (Wildman–Crippen LogP) is 14.8. The van der Waals surface area contributed by atoms with Gasteiger partial charge in [-0.3, -0.25) is 0 Å². The zero-order valence-corrected chi connectivity index (χ0v) is 31.5. The molecule has 0 bridgehead atoms. The van der Waals surface area contributed by atoms with Gasteiger partial charge >= 0.3 is 0 Å². The zero-order valence-electron chi connectivity index (χ0n) is 30.7. The minimum atomic E-state index is -0.103. The number of para-hydroxylation sites is 1. The molecule has 2 heteroatoms. The highest BCUT2D eigenvalue weighted by atomic mass is 32.1. The molecule has 0 spiro atoms. The van der Waals surface area contributed by atoms with Crippen LogP contribution < -0.4 is 0 Å². The molecular formula is C52H39NS. The molecule has 258 valence electrons. The van der Waals surface area contributed by atoms with Gasteiger partial charge in [0.05, 0.1) is 11.0 Å². The van der Waals surface area contributed by atoms with E-state index >= 15 is 0 Å². The molecule has 1 nitrogen and oxygen atoms in total. The van der Waals surface area contributed by atoms with Crippen LogP contribution in [0.25, 0.3) is 81.1 Å². The molecule has 2 heterocycles. The lowest BCUT2D eigenvalue weighted by Gasteiger charge is -2.21. The Morgan fingerprint density at radius 3 is 2.15 bits per heavy atom. The Hall–Kier alpha value is -6.22. The Balaban J connectivity index is 1.19. The van der Waals surface area contributed by atoms with Crippen LogP contribution in [0.5, 0.6) is 0 Å². The van der Waals surface area contributed by atoms with E-state index in [1.807, 2.05) is 11.3 Å². The Morgan fingerprint density at radius 2 is 1.28 bits per heavy atom. The fourth-order valence-electron chi connectivity index (χ4n) is 8.85. The van der Waals surface area contributed by atoms with Gasteiger partial charge < -0.3 is 4.57 Å². The molecule has 0 N–H and O–H groups in total. The average molecular weight is 710 g/mol. The first-order valence-electron chi connectivity index (χ1n) is 18.7. The van der Waals surface area contributed by atoms with Crippen LogP contribution in [0, 0.1) is 0 Å². The second kappa shape index (κ2) is 12.4. The first-order chi connectivity index (χ1) is 26.4. The lowest BCUT2D eigenvalue weighted by atomic mass is 9.82. The van der Waals surface area contributed by atoms with Gasteiger partial charge in [0.25, 0.3) is 0 Å². The van der Waals surface area contributed by atoms with Crippen LogP contribution in [0.3, 0.4) is 0 Å². The van der Waals surface area contributed by atoms with Crippen molar-refractivity contribution in [3.05, 3.63) is 199 Å². The van der Waals surface area contributed by atoms with Crippen molar-refractivity contribution in [3.8, 4) is 22.3 Å². The summed E-state index contributed by atoms with van der Waals surface area (Å²) in [6.45, 7) is 11.8. The van der Waals surface area contributed by atoms with Gasteiger partial charge in [-0.2, -0.15) is 0 Å². The summed E-state index contributed by atoms with van der Waals surface area (Å²) in [5.74, 6) is 0. The van der Waals surface area contributed by atoms with Gasteiger partial charge in [0.2, 0.25) is 0 Å². The molecule has 0 saturated heterocycles. The standard InChI is InChI=1S/C52H39NS/c1-33(39-23-15-27-50-51(39)42-22-10-13-26-49(42)54-50)28-38(37-19-14-18-36(30-37)35-16-6-5-7-17-35)29-34(2)53-47-25-12-9-21-41(47)44-31-43-40-20-8-11-24-45(40)52(3,4)46(43)32-48(44)53/h5-32H,2H2,1,3-4H3/b33-28+,38-29+. The van der Waals surface area contributed by atoms with Gasteiger partial charge in [-0.1, -0.05) is 148 Å². The third-order valence-corrected chi connectivity index (χ3v) is 12.6. The number of rotatable bonds is 6. The van der Waals surface area contributed by atoms with Gasteiger partial charge in [0, 0.05) is 42.1 Å². The van der Waals surface area contributed by atoms with Crippen molar-refractivity contribution in [3.63, 3.8) is 0 Å². The van der Waals surface area contributed by atoms with Crippen molar-refractivity contribution < 1.29 is 0 Å². The number of allylic oxidation sites excluding steroid dienone is 5. The monoisotopic (exact) mass is 709 g/mol. The second-order valence-electron chi connectivity index (χ2n) is 15.1. The second-order valence-corrected chi connectivity index (χ2v) is 16.2. The van der Waals surface area contributed by atoms with Crippen molar-refractivity contribution in [2.24, 2.45) is 0 Å². The van der Waals surface area contributed by atoms with Crippen molar-refractivity contribution >= 4 is 70.2 Å². The summed E-state index contributed by atoms with van der Waals surface area (Å²) >= 11 is 1.86. The van der Waals surface area contributed by atoms with Crippen molar-refractivity contribution in [2.75, 3.05) is 0 Å². The van der Waals surface area contributed by atoms with E-state index in [-0.39, 0.29) is 5.41 Å². The van der Waals surface area contributed by atoms with Gasteiger partial charge in [-0.25, -0.2) is 0 Å². The van der Waals surface area contributed by atoms with Crippen molar-refractivity contribution in [1.29, 1.82) is 0 Å². The maximum absolute atomic E-state index is 4.83. The molecule has 9 aromatic rings. The Morgan fingerprint density at radius 1 is 0.574 bits per heavy atom. The normalized spacial score (nSPS) is 13.9. The Bertz CT molecular complexity index is 3040. The van der Waals surface area contributed by atoms with E-state index in [0.717, 1.165) is 22.4 Å². The van der Waals surface area contributed by atoms with Crippen LogP contribution in [0.2, 0.25) is 0 Å². The first-order valence-corrected chi connectivity index (χ1v) is 19.5. The van der Waals surface area contributed by atoms with E-state index in [2.05, 4.69) is 195 Å². The fraction of sp³-hybridized carbons (Fsp3) is 0.0769. The lowest BCUT2D eigenvalue weighted by Crippen LogP contribution is -2.14. The number of thiophene rings is 1. The molecular weight excluding hydrogens is 671 g/mol. The Kier molecular flexibility index (Phi) is 7.47. The smallest absolute Gasteiger partial charge is 0.0544 e. The zero-order chi connectivity index (χ0) is 36.6. The number of hydrogen-bond donors (Lipinski definition) is 0. The SMILES string of the molecule is C=C(/C=C(\C=C(/C)c1cccc2sc3ccccc3c12)c1cccc(-c2ccccc2)c1)n1c2ccccc2c2cc3c(cc21)C(C)(C)c1ccccc1-3. The van der Waals surface area contributed by atoms with Crippen LogP contribution in [-0.2, 0) is 5.41 Å². The van der Waals surface area contributed by atoms with E-state index < -0.39 is 0 Å². The summed E-state index contributed by atoms with van der Waals surface area (Å²) in [4.78, 5) is 0. The topological polar surface area (TPSA) is 4.93 Å². The van der Waals surface area contributed by atoms with Gasteiger partial charge in [-0.05, 0) is 105 Å². The number of fused-ring (bicyclic) bond motifs is 9. The number of benzene rings is 7. The highest BCUT2D eigenvalue weighted by Gasteiger charge is 2.36. The molecule has 0 amide bonds. The van der Waals surface area contributed by atoms with Gasteiger partial charge in [0.15, 0.2) is 0 Å². The molecule has 2 aromatic heterocycles. The van der Waals surface area contributed by atoms with E-state index in [1.165, 1.54) is 81.0 Å². The molecule has 0 aliphatic heterocycles. The molecule has 1 aliphatic rings. The third-order valence-electron chi connectivity index (χ3n) is 11.5. The summed E-state index contributed by atoms with van der Waals surface area (Å²) in [5, 5.41) is 5.12. The molecule has 7 aromatic carbocycles. The highest BCUT2D eigenvalue weighted by Crippen LogP contribution is 2.51. The molecule has 10 rings (SSSR count). The molecule has 0 fully saturated rings. The number of nitrogens with zero attached hydrogens (tertiary/aromatic N) is 1. The van der Waals surface area contributed by atoms with Gasteiger partial charge in [-0.15, -0.1) is 11.3 Å². The largest absolute Gasteiger partial charge is 0.310 e. The minimum Gasteiger partial charge on any atom is -0.310 e. The van der Waals surface area contributed by atoms with Crippen molar-refractivity contribution in [2.45, 2.75) is 26.2 Å². The number of hydrogen-bond acceptors (Lipinski definition) is 1. The maximum atomic E-state index is 4.83. The first kappa shape index (κ1) is 32.4. The quantitative estimate of drug-likeness (QED) is 0.152. The molecule has 0 atom stereocenters. The summed E-state index contributed by atoms with van der Waals surface area (Å²) in [6.07, 6.45) is 4.65. The summed E-state index contributed by atoms with van der Waals surface area (Å²) < 4.78 is 5.00. The summed E-state index contributed by atoms with van der Waals surface area (Å²) in [5.41, 5.74) is 15.7.